The fourth-order valence-corrected chi connectivity index (χ4v) is 3.05. The Labute approximate surface area is 178 Å². The molecule has 8 nitrogen and oxygen atoms in total. The van der Waals surface area contributed by atoms with Crippen LogP contribution in [0.5, 0.6) is 11.5 Å². The second kappa shape index (κ2) is 9.71. The van der Waals surface area contributed by atoms with E-state index < -0.39 is 11.8 Å². The lowest BCUT2D eigenvalue weighted by molar-refractivity contribution is -0.120. The molecule has 3 aromatic rings. The molecule has 156 valence electrons. The van der Waals surface area contributed by atoms with Gasteiger partial charge in [0.1, 0.15) is 11.5 Å². The maximum Gasteiger partial charge on any atom is 0.273 e. The van der Waals surface area contributed by atoms with Crippen LogP contribution in [0.1, 0.15) is 10.4 Å². The number of carbonyl (C=O) groups is 2. The first kappa shape index (κ1) is 21.1. The molecule has 2 amide bonds. The van der Waals surface area contributed by atoms with Gasteiger partial charge in [-0.2, -0.15) is 0 Å². The number of nitrogens with one attached hydrogen (secondary N) is 3. The number of ether oxygens (including phenoxy) is 2. The van der Waals surface area contributed by atoms with E-state index in [0.717, 1.165) is 0 Å². The fraction of sp³-hybridized carbons (Fsp3) is 0.143. The molecule has 9 heteroatoms. The summed E-state index contributed by atoms with van der Waals surface area (Å²) < 4.78 is 12.3. The Morgan fingerprint density at radius 3 is 2.37 bits per heavy atom. The predicted molar refractivity (Wildman–Crippen MR) is 114 cm³/mol. The topological polar surface area (TPSA) is 93.6 Å². The second-order valence-electron chi connectivity index (χ2n) is 6.15. The number of para-hydroxylation sites is 2. The van der Waals surface area contributed by atoms with Crippen molar-refractivity contribution < 1.29 is 19.1 Å². The maximum absolute atomic E-state index is 12.5. The standard InChI is InChI=1S/C21H21ClN4O4/c1-29-18-8-4-3-7-16(18)23-13-20(27)24-25-21(28)14-11-15(22)17(12-19(14)30-2)26-9-5-6-10-26/h3-12,23H,13H2,1-2H3,(H,24,27)(H,25,28). The third kappa shape index (κ3) is 4.84. The van der Waals surface area contributed by atoms with Crippen molar-refractivity contribution in [3.8, 4) is 17.2 Å². The molecule has 0 aliphatic carbocycles. The molecular formula is C21H21ClN4O4. The van der Waals surface area contributed by atoms with Crippen molar-refractivity contribution in [1.82, 2.24) is 15.4 Å². The van der Waals surface area contributed by atoms with Crippen LogP contribution in [-0.2, 0) is 4.79 Å². The van der Waals surface area contributed by atoms with Gasteiger partial charge < -0.3 is 19.4 Å². The van der Waals surface area contributed by atoms with Crippen molar-refractivity contribution in [1.29, 1.82) is 0 Å². The summed E-state index contributed by atoms with van der Waals surface area (Å²) in [6.07, 6.45) is 3.66. The molecule has 0 bridgehead atoms. The van der Waals surface area contributed by atoms with Crippen LogP contribution in [0.15, 0.2) is 60.9 Å². The zero-order chi connectivity index (χ0) is 21.5. The molecule has 0 atom stereocenters. The molecule has 0 saturated carbocycles. The summed E-state index contributed by atoms with van der Waals surface area (Å²) in [4.78, 5) is 24.6. The summed E-state index contributed by atoms with van der Waals surface area (Å²) in [7, 11) is 3.00. The van der Waals surface area contributed by atoms with Crippen LogP contribution in [0.4, 0.5) is 5.69 Å². The van der Waals surface area contributed by atoms with Gasteiger partial charge in [0.15, 0.2) is 0 Å². The van der Waals surface area contributed by atoms with Crippen molar-refractivity contribution in [2.45, 2.75) is 0 Å². The Morgan fingerprint density at radius 2 is 1.67 bits per heavy atom. The first-order chi connectivity index (χ1) is 14.5. The summed E-state index contributed by atoms with van der Waals surface area (Å²) in [6, 6.07) is 14.1. The Balaban J connectivity index is 1.63. The largest absolute Gasteiger partial charge is 0.496 e. The number of rotatable bonds is 7. The van der Waals surface area contributed by atoms with Gasteiger partial charge in [-0.05, 0) is 30.3 Å². The molecule has 0 radical (unpaired) electrons. The number of benzene rings is 2. The second-order valence-corrected chi connectivity index (χ2v) is 6.56. The number of methoxy groups -OCH3 is 2. The van der Waals surface area contributed by atoms with Crippen LogP contribution >= 0.6 is 11.6 Å². The Bertz CT molecular complexity index is 1040. The van der Waals surface area contributed by atoms with Gasteiger partial charge in [0.25, 0.3) is 11.8 Å². The van der Waals surface area contributed by atoms with Gasteiger partial charge in [-0.3, -0.25) is 20.4 Å². The molecule has 3 N–H and O–H groups in total. The highest BCUT2D eigenvalue weighted by Crippen LogP contribution is 2.30. The molecular weight excluding hydrogens is 408 g/mol. The number of nitrogens with zero attached hydrogens (tertiary/aromatic N) is 1. The van der Waals surface area contributed by atoms with Crippen LogP contribution in [0, 0.1) is 0 Å². The number of aromatic nitrogens is 1. The van der Waals surface area contributed by atoms with E-state index in [2.05, 4.69) is 16.2 Å². The predicted octanol–water partition coefficient (Wildman–Crippen LogP) is 3.02. The number of hydrogen-bond donors (Lipinski definition) is 3. The van der Waals surface area contributed by atoms with Gasteiger partial charge >= 0.3 is 0 Å². The van der Waals surface area contributed by atoms with E-state index in [4.69, 9.17) is 21.1 Å². The minimum Gasteiger partial charge on any atom is -0.496 e. The van der Waals surface area contributed by atoms with Gasteiger partial charge in [-0.15, -0.1) is 0 Å². The van der Waals surface area contributed by atoms with Gasteiger partial charge in [0.05, 0.1) is 42.7 Å². The third-order valence-corrected chi connectivity index (χ3v) is 4.56. The lowest BCUT2D eigenvalue weighted by atomic mass is 10.1. The van der Waals surface area contributed by atoms with Crippen LogP contribution in [-0.4, -0.2) is 37.1 Å². The maximum atomic E-state index is 12.5. The van der Waals surface area contributed by atoms with Crippen molar-refractivity contribution >= 4 is 29.1 Å². The normalized spacial score (nSPS) is 10.2. The van der Waals surface area contributed by atoms with Crippen molar-refractivity contribution in [3.05, 3.63) is 71.5 Å². The molecule has 0 spiro atoms. The van der Waals surface area contributed by atoms with E-state index in [1.54, 1.807) is 29.9 Å². The van der Waals surface area contributed by atoms with E-state index in [1.807, 2.05) is 36.7 Å². The molecule has 0 saturated heterocycles. The van der Waals surface area contributed by atoms with Gasteiger partial charge in [0, 0.05) is 18.5 Å². The first-order valence-corrected chi connectivity index (χ1v) is 9.38. The highest BCUT2D eigenvalue weighted by molar-refractivity contribution is 6.33. The van der Waals surface area contributed by atoms with Gasteiger partial charge in [-0.1, -0.05) is 23.7 Å². The average Bonchev–Trinajstić information content (AvgIpc) is 3.30. The number of halogens is 1. The minimum absolute atomic E-state index is 0.0644. The summed E-state index contributed by atoms with van der Waals surface area (Å²) in [6.45, 7) is -0.0644. The highest BCUT2D eigenvalue weighted by Gasteiger charge is 2.17. The monoisotopic (exact) mass is 428 g/mol. The number of hydrazine groups is 1. The van der Waals surface area contributed by atoms with E-state index in [1.165, 1.54) is 13.2 Å². The molecule has 2 aromatic carbocycles. The number of amides is 2. The average molecular weight is 429 g/mol. The molecule has 30 heavy (non-hydrogen) atoms. The molecule has 1 aromatic heterocycles. The first-order valence-electron chi connectivity index (χ1n) is 9.00. The van der Waals surface area contributed by atoms with E-state index in [-0.39, 0.29) is 12.1 Å². The van der Waals surface area contributed by atoms with Crippen LogP contribution < -0.4 is 25.6 Å². The SMILES string of the molecule is COc1ccccc1NCC(=O)NNC(=O)c1cc(Cl)c(-n2cccc2)cc1OC. The molecule has 0 aliphatic rings. The van der Waals surface area contributed by atoms with E-state index in [9.17, 15) is 9.59 Å². The lowest BCUT2D eigenvalue weighted by Crippen LogP contribution is -2.44. The van der Waals surface area contributed by atoms with Crippen molar-refractivity contribution in [2.75, 3.05) is 26.1 Å². The van der Waals surface area contributed by atoms with Gasteiger partial charge in [0.2, 0.25) is 0 Å². The number of hydrogen-bond acceptors (Lipinski definition) is 5. The molecule has 0 unspecified atom stereocenters. The number of carbonyl (C=O) groups excluding carboxylic acids is 2. The van der Waals surface area contributed by atoms with Crippen LogP contribution in [0.2, 0.25) is 5.02 Å². The summed E-state index contributed by atoms with van der Waals surface area (Å²) in [5, 5.41) is 3.31. The Kier molecular flexibility index (Phi) is 6.82. The van der Waals surface area contributed by atoms with Crippen molar-refractivity contribution in [3.63, 3.8) is 0 Å². The number of anilines is 1. The molecule has 0 aliphatic heterocycles. The smallest absolute Gasteiger partial charge is 0.273 e. The molecule has 0 fully saturated rings. The Hall–Kier alpha value is -3.65. The van der Waals surface area contributed by atoms with Crippen LogP contribution in [0.3, 0.4) is 0 Å². The summed E-state index contributed by atoms with van der Waals surface area (Å²) >= 11 is 6.34. The van der Waals surface area contributed by atoms with E-state index in [0.29, 0.717) is 27.9 Å². The fourth-order valence-electron chi connectivity index (χ4n) is 2.79. The summed E-state index contributed by atoms with van der Waals surface area (Å²) in [5.41, 5.74) is 6.24. The lowest BCUT2D eigenvalue weighted by Gasteiger charge is -2.14. The quantitative estimate of drug-likeness (QED) is 0.503. The zero-order valence-corrected chi connectivity index (χ0v) is 17.2. The third-order valence-electron chi connectivity index (χ3n) is 4.26. The van der Waals surface area contributed by atoms with Gasteiger partial charge in [-0.25, -0.2) is 0 Å². The van der Waals surface area contributed by atoms with Crippen molar-refractivity contribution in [2.24, 2.45) is 0 Å². The highest BCUT2D eigenvalue weighted by atomic mass is 35.5. The zero-order valence-electron chi connectivity index (χ0n) is 16.4. The minimum atomic E-state index is -0.557. The van der Waals surface area contributed by atoms with Crippen LogP contribution in [0.25, 0.3) is 5.69 Å². The molecule has 3 rings (SSSR count). The van der Waals surface area contributed by atoms with E-state index >= 15 is 0 Å². The molecule has 1 heterocycles. The Morgan fingerprint density at radius 1 is 0.967 bits per heavy atom. The summed E-state index contributed by atoms with van der Waals surface area (Å²) in [5.74, 6) is -0.0692.